The van der Waals surface area contributed by atoms with Gasteiger partial charge in [-0.1, -0.05) is 6.07 Å². The second kappa shape index (κ2) is 7.96. The van der Waals surface area contributed by atoms with Crippen LogP contribution in [0.15, 0.2) is 29.5 Å². The third-order valence-corrected chi connectivity index (χ3v) is 2.88. The van der Waals surface area contributed by atoms with Crippen LogP contribution in [0.4, 0.5) is 5.69 Å². The van der Waals surface area contributed by atoms with Gasteiger partial charge in [-0.3, -0.25) is 0 Å². The van der Waals surface area contributed by atoms with Crippen molar-refractivity contribution in [1.82, 2.24) is 14.8 Å². The lowest BCUT2D eigenvalue weighted by Crippen LogP contribution is -2.23. The van der Waals surface area contributed by atoms with Crippen molar-refractivity contribution in [3.05, 3.63) is 41.5 Å². The summed E-state index contributed by atoms with van der Waals surface area (Å²) in [5.74, 6) is 1.18. The molecule has 0 aliphatic rings. The summed E-state index contributed by atoms with van der Waals surface area (Å²) in [6.07, 6.45) is 1.53. The number of hydrogen-bond donors (Lipinski definition) is 2. The van der Waals surface area contributed by atoms with Gasteiger partial charge >= 0.3 is 0 Å². The number of nitrogens with zero attached hydrogens (tertiary/aromatic N) is 4. The van der Waals surface area contributed by atoms with Crippen LogP contribution in [-0.4, -0.2) is 20.7 Å². The molecule has 2 aromatic rings. The zero-order valence-corrected chi connectivity index (χ0v) is 14.8. The Kier molecular flexibility index (Phi) is 6.60. The number of nitrogens with two attached hydrogens (primary N) is 1. The van der Waals surface area contributed by atoms with Gasteiger partial charge in [-0.15, -0.1) is 24.0 Å². The Labute approximate surface area is 141 Å². The monoisotopic (exact) mass is 400 g/mol. The van der Waals surface area contributed by atoms with Gasteiger partial charge in [0.25, 0.3) is 0 Å². The standard InChI is InChI=1S/C14H20N6.HI/c1-4-20-13(17-9-18-20)8-16-14(15)19-12-6-10(2)5-11(3)7-12;/h5-7,9H,4,8H2,1-3H3,(H3,15,16,19);1H. The first-order chi connectivity index (χ1) is 9.58. The highest BCUT2D eigenvalue weighted by Crippen LogP contribution is 2.13. The maximum Gasteiger partial charge on any atom is 0.193 e. The van der Waals surface area contributed by atoms with Crippen molar-refractivity contribution in [2.75, 3.05) is 5.32 Å². The van der Waals surface area contributed by atoms with E-state index in [9.17, 15) is 0 Å². The molecule has 2 rings (SSSR count). The highest BCUT2D eigenvalue weighted by atomic mass is 127. The SMILES string of the molecule is CCn1ncnc1CN=C(N)Nc1cc(C)cc(C)c1.I. The van der Waals surface area contributed by atoms with E-state index < -0.39 is 0 Å². The van der Waals surface area contributed by atoms with E-state index in [-0.39, 0.29) is 24.0 Å². The van der Waals surface area contributed by atoms with Gasteiger partial charge in [0.15, 0.2) is 5.96 Å². The number of rotatable bonds is 4. The Hall–Kier alpha value is -1.64. The average molecular weight is 400 g/mol. The van der Waals surface area contributed by atoms with Crippen LogP contribution in [0.2, 0.25) is 0 Å². The van der Waals surface area contributed by atoms with Crippen molar-refractivity contribution in [3.8, 4) is 0 Å². The number of guanidine groups is 1. The second-order valence-electron chi connectivity index (χ2n) is 4.69. The van der Waals surface area contributed by atoms with E-state index in [1.165, 1.54) is 17.5 Å². The smallest absolute Gasteiger partial charge is 0.193 e. The lowest BCUT2D eigenvalue weighted by Gasteiger charge is -2.08. The average Bonchev–Trinajstić information content (AvgIpc) is 2.82. The number of aliphatic imine (C=N–C) groups is 1. The van der Waals surface area contributed by atoms with E-state index in [2.05, 4.69) is 40.3 Å². The Morgan fingerprint density at radius 2 is 1.95 bits per heavy atom. The molecular weight excluding hydrogens is 379 g/mol. The number of aryl methyl sites for hydroxylation is 3. The number of anilines is 1. The second-order valence-corrected chi connectivity index (χ2v) is 4.69. The van der Waals surface area contributed by atoms with Crippen LogP contribution in [0.3, 0.4) is 0 Å². The molecular formula is C14H21IN6. The minimum absolute atomic E-state index is 0. The van der Waals surface area contributed by atoms with Crippen LogP contribution < -0.4 is 11.1 Å². The summed E-state index contributed by atoms with van der Waals surface area (Å²) < 4.78 is 1.80. The Bertz CT molecular complexity index is 599. The number of benzene rings is 1. The van der Waals surface area contributed by atoms with Crippen LogP contribution in [0.1, 0.15) is 23.9 Å². The molecule has 1 heterocycles. The lowest BCUT2D eigenvalue weighted by atomic mass is 10.1. The molecule has 0 spiro atoms. The van der Waals surface area contributed by atoms with Gasteiger partial charge in [0, 0.05) is 12.2 Å². The predicted molar refractivity (Wildman–Crippen MR) is 96.0 cm³/mol. The molecule has 1 aromatic carbocycles. The fourth-order valence-electron chi connectivity index (χ4n) is 2.06. The number of hydrogen-bond acceptors (Lipinski definition) is 3. The zero-order valence-electron chi connectivity index (χ0n) is 12.5. The summed E-state index contributed by atoms with van der Waals surface area (Å²) >= 11 is 0. The highest BCUT2D eigenvalue weighted by Gasteiger charge is 2.02. The van der Waals surface area contributed by atoms with Gasteiger partial charge in [0.1, 0.15) is 18.7 Å². The lowest BCUT2D eigenvalue weighted by molar-refractivity contribution is 0.616. The quantitative estimate of drug-likeness (QED) is 0.470. The molecule has 3 N–H and O–H groups in total. The summed E-state index contributed by atoms with van der Waals surface area (Å²) in [6.45, 7) is 7.30. The first-order valence-corrected chi connectivity index (χ1v) is 6.60. The molecule has 0 amide bonds. The molecule has 114 valence electrons. The van der Waals surface area contributed by atoms with Gasteiger partial charge in [-0.05, 0) is 44.0 Å². The van der Waals surface area contributed by atoms with Crippen molar-refractivity contribution >= 4 is 35.6 Å². The molecule has 0 unspecified atom stereocenters. The summed E-state index contributed by atoms with van der Waals surface area (Å²) in [5, 5.41) is 7.19. The fourth-order valence-corrected chi connectivity index (χ4v) is 2.06. The van der Waals surface area contributed by atoms with Crippen molar-refractivity contribution in [2.45, 2.75) is 33.9 Å². The Balaban J connectivity index is 0.00000220. The van der Waals surface area contributed by atoms with Crippen LogP contribution in [-0.2, 0) is 13.1 Å². The molecule has 21 heavy (non-hydrogen) atoms. The summed E-state index contributed by atoms with van der Waals surface area (Å²) in [5.41, 5.74) is 9.21. The minimum atomic E-state index is 0. The van der Waals surface area contributed by atoms with E-state index in [1.807, 2.05) is 19.1 Å². The molecule has 0 radical (unpaired) electrons. The molecule has 0 fully saturated rings. The van der Waals surface area contributed by atoms with Crippen LogP contribution in [0.5, 0.6) is 0 Å². The fraction of sp³-hybridized carbons (Fsp3) is 0.357. The van der Waals surface area contributed by atoms with Crippen LogP contribution >= 0.6 is 24.0 Å². The highest BCUT2D eigenvalue weighted by molar-refractivity contribution is 14.0. The summed E-state index contributed by atoms with van der Waals surface area (Å²) in [4.78, 5) is 8.45. The van der Waals surface area contributed by atoms with Gasteiger partial charge < -0.3 is 11.1 Å². The molecule has 1 aromatic heterocycles. The molecule has 0 saturated carbocycles. The van der Waals surface area contributed by atoms with Crippen molar-refractivity contribution in [1.29, 1.82) is 0 Å². The molecule has 0 atom stereocenters. The first-order valence-electron chi connectivity index (χ1n) is 6.60. The molecule has 7 heteroatoms. The molecule has 6 nitrogen and oxygen atoms in total. The largest absolute Gasteiger partial charge is 0.370 e. The summed E-state index contributed by atoms with van der Waals surface area (Å²) in [7, 11) is 0. The van der Waals surface area contributed by atoms with Gasteiger partial charge in [0.2, 0.25) is 0 Å². The third-order valence-electron chi connectivity index (χ3n) is 2.88. The molecule has 0 bridgehead atoms. The molecule has 0 aliphatic carbocycles. The topological polar surface area (TPSA) is 81.1 Å². The van der Waals surface area contributed by atoms with E-state index in [4.69, 9.17) is 5.73 Å². The zero-order chi connectivity index (χ0) is 14.5. The van der Waals surface area contributed by atoms with E-state index in [1.54, 1.807) is 4.68 Å². The van der Waals surface area contributed by atoms with Crippen molar-refractivity contribution in [2.24, 2.45) is 10.7 Å². The van der Waals surface area contributed by atoms with Crippen LogP contribution in [0, 0.1) is 13.8 Å². The Morgan fingerprint density at radius 3 is 2.57 bits per heavy atom. The van der Waals surface area contributed by atoms with Crippen molar-refractivity contribution < 1.29 is 0 Å². The number of aromatic nitrogens is 3. The summed E-state index contributed by atoms with van der Waals surface area (Å²) in [6, 6.07) is 6.18. The Morgan fingerprint density at radius 1 is 1.29 bits per heavy atom. The predicted octanol–water partition coefficient (Wildman–Crippen LogP) is 2.46. The molecule has 0 saturated heterocycles. The maximum absolute atomic E-state index is 5.90. The van der Waals surface area contributed by atoms with Gasteiger partial charge in [-0.2, -0.15) is 5.10 Å². The van der Waals surface area contributed by atoms with Crippen LogP contribution in [0.25, 0.3) is 0 Å². The first kappa shape index (κ1) is 17.4. The van der Waals surface area contributed by atoms with Gasteiger partial charge in [0.05, 0.1) is 0 Å². The minimum Gasteiger partial charge on any atom is -0.370 e. The number of nitrogens with one attached hydrogen (secondary N) is 1. The van der Waals surface area contributed by atoms with E-state index in [0.717, 1.165) is 18.1 Å². The normalized spacial score (nSPS) is 11.1. The van der Waals surface area contributed by atoms with E-state index >= 15 is 0 Å². The van der Waals surface area contributed by atoms with Gasteiger partial charge in [-0.25, -0.2) is 14.7 Å². The number of halogens is 1. The van der Waals surface area contributed by atoms with Crippen molar-refractivity contribution in [3.63, 3.8) is 0 Å². The maximum atomic E-state index is 5.90. The third kappa shape index (κ3) is 5.00. The molecule has 0 aliphatic heterocycles. The van der Waals surface area contributed by atoms with E-state index in [0.29, 0.717) is 12.5 Å².